The molecule has 57 heavy (non-hydrogen) atoms. The van der Waals surface area contributed by atoms with Crippen molar-refractivity contribution in [3.63, 3.8) is 0 Å². The largest absolute Gasteiger partial charge is 0.309 e. The Morgan fingerprint density at radius 3 is 1.39 bits per heavy atom. The quantitative estimate of drug-likeness (QED) is 0.114. The van der Waals surface area contributed by atoms with Gasteiger partial charge in [-0.1, -0.05) is 188 Å². The van der Waals surface area contributed by atoms with Gasteiger partial charge in [-0.2, -0.15) is 0 Å². The predicted octanol–water partition coefficient (Wildman–Crippen LogP) is 10.9. The van der Waals surface area contributed by atoms with Crippen molar-refractivity contribution in [2.24, 2.45) is 0 Å². The molecule has 11 rings (SSSR count). The zero-order valence-electron chi connectivity index (χ0n) is 31.3. The van der Waals surface area contributed by atoms with Crippen molar-refractivity contribution in [3.8, 4) is 22.5 Å². The topological polar surface area (TPSA) is 9.86 Å². The summed E-state index contributed by atoms with van der Waals surface area (Å²) in [6, 6.07) is 85.3. The monoisotopic (exact) mass is 742 g/mol. The second-order valence-electron chi connectivity index (χ2n) is 14.8. The van der Waals surface area contributed by atoms with E-state index in [1.807, 2.05) is 0 Å². The van der Waals surface area contributed by atoms with Crippen LogP contribution in [-0.2, 0) is 0 Å². The molecule has 0 saturated heterocycles. The third-order valence-corrected chi connectivity index (χ3v) is 16.7. The molecular weight excluding hydrogens is 705 g/mol. The fraction of sp³-hybridized carbons (Fsp3) is 0. The van der Waals surface area contributed by atoms with Gasteiger partial charge in [0.15, 0.2) is 8.07 Å². The lowest BCUT2D eigenvalue weighted by Gasteiger charge is -2.35. The fourth-order valence-electron chi connectivity index (χ4n) is 9.52. The molecule has 0 radical (unpaired) electrons. The summed E-state index contributed by atoms with van der Waals surface area (Å²) in [4.78, 5) is 0. The van der Waals surface area contributed by atoms with Gasteiger partial charge in [0.2, 0.25) is 0 Å². The van der Waals surface area contributed by atoms with E-state index < -0.39 is 8.07 Å². The molecule has 2 nitrogen and oxygen atoms in total. The van der Waals surface area contributed by atoms with Gasteiger partial charge >= 0.3 is 0 Å². The van der Waals surface area contributed by atoms with Crippen LogP contribution < -0.4 is 20.7 Å². The van der Waals surface area contributed by atoms with Gasteiger partial charge < -0.3 is 9.13 Å². The van der Waals surface area contributed by atoms with Crippen molar-refractivity contribution in [1.29, 1.82) is 0 Å². The number of hydrogen-bond donors (Lipinski definition) is 0. The maximum absolute atomic E-state index is 2.88. The first-order valence-corrected chi connectivity index (χ1v) is 21.7. The molecule has 0 aliphatic heterocycles. The predicted molar refractivity (Wildman–Crippen MR) is 244 cm³/mol. The van der Waals surface area contributed by atoms with E-state index in [0.29, 0.717) is 0 Å². The van der Waals surface area contributed by atoms with Crippen LogP contribution in [0.1, 0.15) is 0 Å². The average molecular weight is 743 g/mol. The second-order valence-corrected chi connectivity index (χ2v) is 18.6. The zero-order chi connectivity index (χ0) is 37.8. The van der Waals surface area contributed by atoms with Gasteiger partial charge in [-0.25, -0.2) is 0 Å². The van der Waals surface area contributed by atoms with Gasteiger partial charge in [0.25, 0.3) is 0 Å². The Bertz CT molecular complexity index is 3110. The van der Waals surface area contributed by atoms with E-state index in [2.05, 4.69) is 240 Å². The van der Waals surface area contributed by atoms with Gasteiger partial charge in [0.05, 0.1) is 27.8 Å². The first-order chi connectivity index (χ1) is 28.3. The highest BCUT2D eigenvalue weighted by Gasteiger charge is 2.43. The summed E-state index contributed by atoms with van der Waals surface area (Å²) in [6.45, 7) is 0. The van der Waals surface area contributed by atoms with E-state index in [1.165, 1.54) is 75.5 Å². The lowest BCUT2D eigenvalue weighted by molar-refractivity contribution is 1.16. The van der Waals surface area contributed by atoms with Crippen LogP contribution in [0.2, 0.25) is 0 Å². The van der Waals surface area contributed by atoms with E-state index in [4.69, 9.17) is 0 Å². The highest BCUT2D eigenvalue weighted by molar-refractivity contribution is 7.20. The van der Waals surface area contributed by atoms with Gasteiger partial charge in [-0.05, 0) is 68.8 Å². The van der Waals surface area contributed by atoms with Crippen molar-refractivity contribution in [2.45, 2.75) is 0 Å². The molecule has 0 bridgehead atoms. The van der Waals surface area contributed by atoms with E-state index in [9.17, 15) is 0 Å². The number of benzene rings is 9. The summed E-state index contributed by atoms with van der Waals surface area (Å²) < 4.78 is 4.98. The van der Waals surface area contributed by atoms with E-state index in [-0.39, 0.29) is 0 Å². The summed E-state index contributed by atoms with van der Waals surface area (Å²) in [6.07, 6.45) is 0. The molecule has 0 spiro atoms. The minimum absolute atomic E-state index is 1.15. The Morgan fingerprint density at radius 1 is 0.316 bits per heavy atom. The third kappa shape index (κ3) is 5.10. The normalized spacial score (nSPS) is 11.9. The van der Waals surface area contributed by atoms with Crippen LogP contribution in [0.3, 0.4) is 0 Å². The maximum Gasteiger partial charge on any atom is 0.180 e. The molecule has 3 heteroatoms. The summed E-state index contributed by atoms with van der Waals surface area (Å²) in [7, 11) is -2.88. The van der Waals surface area contributed by atoms with Crippen LogP contribution in [0.25, 0.3) is 66.1 Å². The van der Waals surface area contributed by atoms with E-state index in [1.54, 1.807) is 0 Å². The van der Waals surface area contributed by atoms with Crippen molar-refractivity contribution >= 4 is 72.4 Å². The van der Waals surface area contributed by atoms with Crippen LogP contribution >= 0.6 is 0 Å². The molecule has 2 aromatic heterocycles. The van der Waals surface area contributed by atoms with Crippen molar-refractivity contribution in [1.82, 2.24) is 9.13 Å². The fourth-order valence-corrected chi connectivity index (χ4v) is 14.5. The van der Waals surface area contributed by atoms with E-state index in [0.717, 1.165) is 11.4 Å². The molecule has 0 saturated carbocycles. The first kappa shape index (κ1) is 33.2. The standard InChI is InChI=1S/C54H38N2Si/c1-6-21-39(22-7-1)46-37-47-44-31-16-18-33-48(44)55(40-23-8-2-9-24-40)52(47)38-51(46)56-49-34-19-17-32-45(49)54-50(56)35-20-36-53(54)57(41-25-10-3-11-26-41,42-27-12-4-13-28-42)43-29-14-5-15-30-43/h1-38H. The summed E-state index contributed by atoms with van der Waals surface area (Å²) >= 11 is 0. The van der Waals surface area contributed by atoms with E-state index >= 15 is 0 Å². The first-order valence-electron chi connectivity index (χ1n) is 19.7. The summed E-state index contributed by atoms with van der Waals surface area (Å²) in [5, 5.41) is 10.5. The van der Waals surface area contributed by atoms with Crippen LogP contribution in [0, 0.1) is 0 Å². The van der Waals surface area contributed by atoms with Gasteiger partial charge in [0, 0.05) is 32.8 Å². The Hall–Kier alpha value is -7.20. The Morgan fingerprint density at radius 2 is 0.789 bits per heavy atom. The highest BCUT2D eigenvalue weighted by atomic mass is 28.3. The molecule has 11 aromatic rings. The molecular formula is C54H38N2Si. The minimum atomic E-state index is -2.88. The number of fused-ring (bicyclic) bond motifs is 6. The molecule has 0 aliphatic rings. The number of hydrogen-bond acceptors (Lipinski definition) is 0. The van der Waals surface area contributed by atoms with Gasteiger partial charge in [0.1, 0.15) is 0 Å². The zero-order valence-corrected chi connectivity index (χ0v) is 32.3. The Labute approximate surface area is 333 Å². The molecule has 0 unspecified atom stereocenters. The van der Waals surface area contributed by atoms with Crippen LogP contribution in [0.5, 0.6) is 0 Å². The van der Waals surface area contributed by atoms with Crippen molar-refractivity contribution in [2.75, 3.05) is 0 Å². The van der Waals surface area contributed by atoms with Crippen molar-refractivity contribution < 1.29 is 0 Å². The Balaban J connectivity index is 1.32. The summed E-state index contributed by atoms with van der Waals surface area (Å²) in [5.41, 5.74) is 9.46. The number of nitrogens with zero attached hydrogens (tertiary/aromatic N) is 2. The van der Waals surface area contributed by atoms with Crippen molar-refractivity contribution in [3.05, 3.63) is 231 Å². The van der Waals surface area contributed by atoms with Crippen LogP contribution in [-0.4, -0.2) is 17.2 Å². The smallest absolute Gasteiger partial charge is 0.180 e. The van der Waals surface area contributed by atoms with Gasteiger partial charge in [-0.3, -0.25) is 0 Å². The minimum Gasteiger partial charge on any atom is -0.309 e. The maximum atomic E-state index is 2.54. The Kier molecular flexibility index (Phi) is 7.87. The molecule has 0 aliphatic carbocycles. The molecule has 2 heterocycles. The molecule has 0 atom stereocenters. The lowest BCUT2D eigenvalue weighted by atomic mass is 10.00. The number of para-hydroxylation sites is 3. The number of rotatable bonds is 7. The van der Waals surface area contributed by atoms with Crippen LogP contribution in [0.4, 0.5) is 0 Å². The van der Waals surface area contributed by atoms with Crippen LogP contribution in [0.15, 0.2) is 231 Å². The lowest BCUT2D eigenvalue weighted by Crippen LogP contribution is -2.74. The molecule has 268 valence electrons. The average Bonchev–Trinajstić information content (AvgIpc) is 3.81. The molecule has 0 fully saturated rings. The molecule has 0 N–H and O–H groups in total. The molecule has 9 aromatic carbocycles. The second kappa shape index (κ2) is 13.5. The summed E-state index contributed by atoms with van der Waals surface area (Å²) in [5.74, 6) is 0. The number of aromatic nitrogens is 2. The third-order valence-electron chi connectivity index (χ3n) is 11.9. The highest BCUT2D eigenvalue weighted by Crippen LogP contribution is 2.41. The SMILES string of the molecule is c1ccc(-c2cc3c4ccccc4n(-c4ccccc4)c3cc2-n2c3ccccc3c3c([Si](c4ccccc4)(c4ccccc4)c4ccccc4)cccc32)cc1. The van der Waals surface area contributed by atoms with Gasteiger partial charge in [-0.15, -0.1) is 0 Å². The molecule has 0 amide bonds.